The maximum absolute atomic E-state index is 13.4. The monoisotopic (exact) mass is 418 g/mol. The highest BCUT2D eigenvalue weighted by atomic mass is 19.1. The molecule has 0 saturated heterocycles. The Morgan fingerprint density at radius 3 is 2.68 bits per heavy atom. The first-order valence-corrected chi connectivity index (χ1v) is 9.23. The molecule has 0 N–H and O–H groups in total. The second-order valence-corrected chi connectivity index (χ2v) is 6.63. The predicted molar refractivity (Wildman–Crippen MR) is 111 cm³/mol. The first-order chi connectivity index (χ1) is 15.0. The van der Waals surface area contributed by atoms with E-state index in [0.717, 1.165) is 0 Å². The Hall–Kier alpha value is -4.33. The van der Waals surface area contributed by atoms with Gasteiger partial charge in [0.15, 0.2) is 5.70 Å². The Morgan fingerprint density at radius 2 is 1.87 bits per heavy atom. The van der Waals surface area contributed by atoms with Crippen LogP contribution in [0.15, 0.2) is 83.5 Å². The van der Waals surface area contributed by atoms with E-state index in [1.54, 1.807) is 42.5 Å². The van der Waals surface area contributed by atoms with Crippen molar-refractivity contribution in [2.24, 2.45) is 4.99 Å². The lowest BCUT2D eigenvalue weighted by molar-refractivity contribution is -0.384. The molecule has 0 saturated carbocycles. The fourth-order valence-electron chi connectivity index (χ4n) is 2.93. The molecular weight excluding hydrogens is 403 g/mol. The number of ether oxygens (including phenoxy) is 2. The number of benzene rings is 3. The van der Waals surface area contributed by atoms with Gasteiger partial charge in [-0.15, -0.1) is 0 Å². The van der Waals surface area contributed by atoms with E-state index in [1.807, 2.05) is 0 Å². The molecule has 154 valence electrons. The highest BCUT2D eigenvalue weighted by molar-refractivity contribution is 6.12. The molecule has 0 amide bonds. The number of carbonyl (C=O) groups excluding carboxylic acids is 1. The fourth-order valence-corrected chi connectivity index (χ4v) is 2.93. The van der Waals surface area contributed by atoms with Gasteiger partial charge in [-0.05, 0) is 47.5 Å². The van der Waals surface area contributed by atoms with Crippen LogP contribution in [0.5, 0.6) is 5.75 Å². The summed E-state index contributed by atoms with van der Waals surface area (Å²) >= 11 is 0. The number of carbonyl (C=O) groups is 1. The number of nitro benzene ring substituents is 1. The van der Waals surface area contributed by atoms with Gasteiger partial charge in [0.25, 0.3) is 5.69 Å². The molecule has 0 bridgehead atoms. The van der Waals surface area contributed by atoms with Crippen LogP contribution in [0.4, 0.5) is 10.1 Å². The summed E-state index contributed by atoms with van der Waals surface area (Å²) in [5.41, 5.74) is 1.74. The lowest BCUT2D eigenvalue weighted by Crippen LogP contribution is -2.05. The summed E-state index contributed by atoms with van der Waals surface area (Å²) in [6, 6.07) is 18.7. The van der Waals surface area contributed by atoms with Crippen LogP contribution in [-0.4, -0.2) is 16.8 Å². The van der Waals surface area contributed by atoms with Gasteiger partial charge >= 0.3 is 5.97 Å². The molecule has 0 fully saturated rings. The average Bonchev–Trinajstić information content (AvgIpc) is 3.13. The van der Waals surface area contributed by atoms with Crippen molar-refractivity contribution in [3.05, 3.63) is 111 Å². The maximum atomic E-state index is 13.4. The molecule has 3 aromatic rings. The Morgan fingerprint density at radius 1 is 1.06 bits per heavy atom. The quantitative estimate of drug-likeness (QED) is 0.251. The molecule has 1 heterocycles. The second kappa shape index (κ2) is 8.58. The zero-order valence-corrected chi connectivity index (χ0v) is 16.0. The molecule has 0 aliphatic carbocycles. The number of aliphatic imine (C=N–C) groups is 1. The lowest BCUT2D eigenvalue weighted by Gasteiger charge is -2.07. The number of halogens is 1. The van der Waals surface area contributed by atoms with Gasteiger partial charge in [-0.1, -0.05) is 30.3 Å². The average molecular weight is 418 g/mol. The van der Waals surface area contributed by atoms with Crippen molar-refractivity contribution >= 4 is 23.6 Å². The van der Waals surface area contributed by atoms with Gasteiger partial charge in [0.1, 0.15) is 18.2 Å². The first-order valence-electron chi connectivity index (χ1n) is 9.23. The zero-order valence-electron chi connectivity index (χ0n) is 16.0. The van der Waals surface area contributed by atoms with Crippen molar-refractivity contribution in [3.63, 3.8) is 0 Å². The third kappa shape index (κ3) is 4.81. The number of non-ortho nitro benzene ring substituents is 1. The molecule has 8 heteroatoms. The van der Waals surface area contributed by atoms with Crippen LogP contribution in [-0.2, 0) is 16.1 Å². The number of hydrogen-bond acceptors (Lipinski definition) is 6. The Balaban J connectivity index is 1.50. The largest absolute Gasteiger partial charge is 0.489 e. The molecule has 3 aromatic carbocycles. The summed E-state index contributed by atoms with van der Waals surface area (Å²) in [5, 5.41) is 10.9. The Kier molecular flexibility index (Phi) is 5.53. The van der Waals surface area contributed by atoms with Crippen LogP contribution < -0.4 is 4.74 Å². The molecule has 0 spiro atoms. The number of rotatable bonds is 6. The van der Waals surface area contributed by atoms with Gasteiger partial charge in [-0.25, -0.2) is 14.2 Å². The van der Waals surface area contributed by atoms with Crippen LogP contribution in [0, 0.1) is 15.9 Å². The molecule has 1 aliphatic heterocycles. The van der Waals surface area contributed by atoms with E-state index in [9.17, 15) is 19.3 Å². The van der Waals surface area contributed by atoms with Gasteiger partial charge in [-0.2, -0.15) is 0 Å². The van der Waals surface area contributed by atoms with Crippen molar-refractivity contribution in [1.82, 2.24) is 0 Å². The molecule has 31 heavy (non-hydrogen) atoms. The van der Waals surface area contributed by atoms with E-state index in [4.69, 9.17) is 9.47 Å². The molecule has 0 unspecified atom stereocenters. The third-order valence-corrected chi connectivity index (χ3v) is 4.38. The summed E-state index contributed by atoms with van der Waals surface area (Å²) < 4.78 is 24.3. The summed E-state index contributed by atoms with van der Waals surface area (Å²) in [6.07, 6.45) is 1.54. The number of esters is 1. The van der Waals surface area contributed by atoms with Crippen molar-refractivity contribution < 1.29 is 23.6 Å². The van der Waals surface area contributed by atoms with Gasteiger partial charge in [0.2, 0.25) is 5.90 Å². The van der Waals surface area contributed by atoms with Gasteiger partial charge in [0.05, 0.1) is 4.92 Å². The number of hydrogen-bond donors (Lipinski definition) is 0. The highest BCUT2D eigenvalue weighted by Gasteiger charge is 2.24. The van der Waals surface area contributed by atoms with Crippen molar-refractivity contribution in [2.45, 2.75) is 6.61 Å². The van der Waals surface area contributed by atoms with E-state index in [0.29, 0.717) is 22.4 Å². The highest BCUT2D eigenvalue weighted by Crippen LogP contribution is 2.22. The van der Waals surface area contributed by atoms with Crippen molar-refractivity contribution in [1.29, 1.82) is 0 Å². The molecule has 0 aromatic heterocycles. The smallest absolute Gasteiger partial charge is 0.363 e. The summed E-state index contributed by atoms with van der Waals surface area (Å²) in [4.78, 5) is 26.7. The number of nitrogens with zero attached hydrogens (tertiary/aromatic N) is 2. The SMILES string of the molecule is O=C1OC(c2cccc(F)c2)=N/C1=C\c1cccc(OCc2cccc([N+](=O)[O-])c2)c1. The normalized spacial score (nSPS) is 14.3. The molecule has 0 radical (unpaired) electrons. The van der Waals surface area contributed by atoms with Gasteiger partial charge in [-0.3, -0.25) is 10.1 Å². The van der Waals surface area contributed by atoms with E-state index < -0.39 is 16.7 Å². The number of nitro groups is 1. The van der Waals surface area contributed by atoms with Gasteiger partial charge < -0.3 is 9.47 Å². The molecule has 7 nitrogen and oxygen atoms in total. The minimum Gasteiger partial charge on any atom is -0.489 e. The van der Waals surface area contributed by atoms with Crippen LogP contribution in [0.1, 0.15) is 16.7 Å². The minimum atomic E-state index is -0.637. The summed E-state index contributed by atoms with van der Waals surface area (Å²) in [7, 11) is 0. The van der Waals surface area contributed by atoms with E-state index in [-0.39, 0.29) is 23.9 Å². The Bertz CT molecular complexity index is 1240. The molecule has 1 aliphatic rings. The van der Waals surface area contributed by atoms with Crippen LogP contribution >= 0.6 is 0 Å². The van der Waals surface area contributed by atoms with Crippen LogP contribution in [0.25, 0.3) is 6.08 Å². The van der Waals surface area contributed by atoms with E-state index in [2.05, 4.69) is 4.99 Å². The van der Waals surface area contributed by atoms with E-state index in [1.165, 1.54) is 36.4 Å². The van der Waals surface area contributed by atoms with Crippen LogP contribution in [0.2, 0.25) is 0 Å². The number of cyclic esters (lactones) is 1. The summed E-state index contributed by atoms with van der Waals surface area (Å²) in [5.74, 6) is -0.542. The topological polar surface area (TPSA) is 91.0 Å². The van der Waals surface area contributed by atoms with Crippen molar-refractivity contribution in [2.75, 3.05) is 0 Å². The standard InChI is InChI=1S/C23H15FN2O5/c24-18-7-3-6-17(13-18)22-25-21(23(27)31-22)12-15-4-2-9-20(11-15)30-14-16-5-1-8-19(10-16)26(28)29/h1-13H,14H2/b21-12-. The zero-order chi connectivity index (χ0) is 21.8. The fraction of sp³-hybridized carbons (Fsp3) is 0.0435. The second-order valence-electron chi connectivity index (χ2n) is 6.63. The lowest BCUT2D eigenvalue weighted by atomic mass is 10.2. The minimum absolute atomic E-state index is 0.00806. The third-order valence-electron chi connectivity index (χ3n) is 4.38. The van der Waals surface area contributed by atoms with Crippen molar-refractivity contribution in [3.8, 4) is 5.75 Å². The van der Waals surface area contributed by atoms with E-state index >= 15 is 0 Å². The Labute approximate surface area is 176 Å². The van der Waals surface area contributed by atoms with Crippen LogP contribution in [0.3, 0.4) is 0 Å². The molecular formula is C23H15FN2O5. The molecule has 0 atom stereocenters. The summed E-state index contributed by atoms with van der Waals surface area (Å²) in [6.45, 7) is 0.144. The molecule has 4 rings (SSSR count). The predicted octanol–water partition coefficient (Wildman–Crippen LogP) is 4.66. The first kappa shape index (κ1) is 20.0. The van der Waals surface area contributed by atoms with Gasteiger partial charge in [0, 0.05) is 17.7 Å². The maximum Gasteiger partial charge on any atom is 0.363 e.